The van der Waals surface area contributed by atoms with E-state index in [-0.39, 0.29) is 0 Å². The molecule has 1 fully saturated rings. The fourth-order valence-corrected chi connectivity index (χ4v) is 4.79. The Kier molecular flexibility index (Phi) is 5.06. The largest absolute Gasteiger partial charge is 0.760 e. The zero-order valence-corrected chi connectivity index (χ0v) is 19.4. The number of aromatic nitrogens is 6. The number of hydrogen-bond acceptors (Lipinski definition) is 6. The highest BCUT2D eigenvalue weighted by atomic mass is 32.2. The van der Waals surface area contributed by atoms with Gasteiger partial charge in [0.05, 0.1) is 28.5 Å². The van der Waals surface area contributed by atoms with E-state index in [4.69, 9.17) is 4.98 Å². The number of rotatable bonds is 6. The summed E-state index contributed by atoms with van der Waals surface area (Å²) in [4.78, 5) is 13.8. The molecule has 1 atom stereocenters. The van der Waals surface area contributed by atoms with Gasteiger partial charge in [-0.2, -0.15) is 5.10 Å². The average molecular weight is 489 g/mol. The van der Waals surface area contributed by atoms with Crippen molar-refractivity contribution in [1.82, 2.24) is 34.0 Å². The van der Waals surface area contributed by atoms with Crippen LogP contribution in [-0.4, -0.2) is 38.1 Å². The van der Waals surface area contributed by atoms with Crippen LogP contribution in [0.25, 0.3) is 39.2 Å². The van der Waals surface area contributed by atoms with E-state index in [1.54, 1.807) is 46.0 Å². The van der Waals surface area contributed by atoms with Gasteiger partial charge in [-0.25, -0.2) is 24.1 Å². The maximum Gasteiger partial charge on any atom is 0.152 e. The van der Waals surface area contributed by atoms with Gasteiger partial charge in [0.15, 0.2) is 5.82 Å². The molecule has 1 N–H and O–H groups in total. The van der Waals surface area contributed by atoms with Crippen molar-refractivity contribution in [3.63, 3.8) is 0 Å². The molecule has 1 aliphatic carbocycles. The molecule has 6 rings (SSSR count). The monoisotopic (exact) mass is 488 g/mol. The number of imidazole rings is 1. The average Bonchev–Trinajstić information content (AvgIpc) is 3.29. The summed E-state index contributed by atoms with van der Waals surface area (Å²) in [6.07, 6.45) is 6.48. The van der Waals surface area contributed by atoms with Gasteiger partial charge < -0.3 is 4.55 Å². The maximum absolute atomic E-state index is 14.7. The van der Waals surface area contributed by atoms with Gasteiger partial charge in [-0.05, 0) is 42.7 Å². The van der Waals surface area contributed by atoms with Crippen LogP contribution >= 0.6 is 0 Å². The normalized spacial score (nSPS) is 15.4. The molecule has 3 heterocycles. The van der Waals surface area contributed by atoms with E-state index >= 15 is 0 Å². The third kappa shape index (κ3) is 3.93. The van der Waals surface area contributed by atoms with Crippen LogP contribution in [0.5, 0.6) is 0 Å². The van der Waals surface area contributed by atoms with Gasteiger partial charge in [0.2, 0.25) is 0 Å². The first kappa shape index (κ1) is 21.7. The number of benzene rings is 2. The molecule has 35 heavy (non-hydrogen) atoms. The van der Waals surface area contributed by atoms with Crippen LogP contribution in [0.2, 0.25) is 0 Å². The number of hydrogen-bond donors (Lipinski definition) is 1. The Balaban J connectivity index is 1.50. The summed E-state index contributed by atoms with van der Waals surface area (Å²) in [7, 11) is 1.86. The van der Waals surface area contributed by atoms with Crippen LogP contribution in [0, 0.1) is 5.82 Å². The summed E-state index contributed by atoms with van der Waals surface area (Å²) >= 11 is -2.49. The third-order valence-electron chi connectivity index (χ3n) is 6.15. The predicted molar refractivity (Wildman–Crippen MR) is 127 cm³/mol. The van der Waals surface area contributed by atoms with Gasteiger partial charge in [0, 0.05) is 41.7 Å². The lowest BCUT2D eigenvalue weighted by atomic mass is 10.1. The minimum absolute atomic E-state index is 0.297. The molecule has 0 spiro atoms. The summed E-state index contributed by atoms with van der Waals surface area (Å²) < 4.78 is 43.6. The fraction of sp³-hybridized carbons (Fsp3) is 0.167. The number of nitrogens with zero attached hydrogens (tertiary/aromatic N) is 6. The molecule has 0 bridgehead atoms. The van der Waals surface area contributed by atoms with E-state index in [0.717, 1.165) is 22.2 Å². The molecular weight excluding hydrogens is 469 g/mol. The van der Waals surface area contributed by atoms with E-state index in [1.807, 2.05) is 31.4 Å². The minimum Gasteiger partial charge on any atom is -0.760 e. The minimum atomic E-state index is -2.49. The number of halogens is 1. The van der Waals surface area contributed by atoms with Crippen LogP contribution in [0.4, 0.5) is 4.39 Å². The van der Waals surface area contributed by atoms with Crippen LogP contribution in [-0.2, 0) is 23.9 Å². The van der Waals surface area contributed by atoms with Crippen LogP contribution in [0.1, 0.15) is 18.7 Å². The lowest BCUT2D eigenvalue weighted by Crippen LogP contribution is -2.32. The Labute approximate surface area is 202 Å². The lowest BCUT2D eigenvalue weighted by Gasteiger charge is -2.19. The van der Waals surface area contributed by atoms with E-state index in [2.05, 4.69) is 19.8 Å². The summed E-state index contributed by atoms with van der Waals surface area (Å²) in [6, 6.07) is 13.9. The van der Waals surface area contributed by atoms with Crippen molar-refractivity contribution in [3.8, 4) is 28.2 Å². The maximum atomic E-state index is 14.7. The van der Waals surface area contributed by atoms with E-state index in [0.29, 0.717) is 35.7 Å². The van der Waals surface area contributed by atoms with Crippen molar-refractivity contribution in [3.05, 3.63) is 78.9 Å². The third-order valence-corrected chi connectivity index (χ3v) is 6.71. The highest BCUT2D eigenvalue weighted by Gasteiger charge is 2.48. The van der Waals surface area contributed by atoms with Crippen molar-refractivity contribution < 1.29 is 13.2 Å². The van der Waals surface area contributed by atoms with E-state index < -0.39 is 22.6 Å². The zero-order chi connectivity index (χ0) is 24.2. The molecule has 3 aromatic heterocycles. The predicted octanol–water partition coefficient (Wildman–Crippen LogP) is 3.39. The Morgan fingerprint density at radius 3 is 2.66 bits per heavy atom. The molecule has 1 unspecified atom stereocenters. The second-order valence-corrected chi connectivity index (χ2v) is 9.23. The van der Waals surface area contributed by atoms with Crippen molar-refractivity contribution in [2.24, 2.45) is 7.05 Å². The molecule has 0 amide bonds. The zero-order valence-electron chi connectivity index (χ0n) is 18.6. The molecule has 1 saturated carbocycles. The number of nitrogens with one attached hydrogen (secondary N) is 1. The van der Waals surface area contributed by atoms with Crippen molar-refractivity contribution in [2.45, 2.75) is 18.4 Å². The quantitative estimate of drug-likeness (QED) is 0.367. The highest BCUT2D eigenvalue weighted by Crippen LogP contribution is 2.45. The Hall–Kier alpha value is -3.80. The fourth-order valence-electron chi connectivity index (χ4n) is 4.18. The van der Waals surface area contributed by atoms with Gasteiger partial charge in [-0.3, -0.25) is 13.5 Å². The number of fused-ring (bicyclic) bond motifs is 1. The van der Waals surface area contributed by atoms with Gasteiger partial charge in [0.25, 0.3) is 0 Å². The molecule has 9 nitrogen and oxygen atoms in total. The molecule has 11 heteroatoms. The van der Waals surface area contributed by atoms with E-state index in [9.17, 15) is 13.2 Å². The molecule has 0 aliphatic heterocycles. The smallest absolute Gasteiger partial charge is 0.152 e. The Morgan fingerprint density at radius 2 is 1.94 bits per heavy atom. The van der Waals surface area contributed by atoms with Crippen molar-refractivity contribution >= 4 is 22.3 Å². The van der Waals surface area contributed by atoms with Crippen LogP contribution in [0.3, 0.4) is 0 Å². The van der Waals surface area contributed by atoms with Crippen LogP contribution in [0.15, 0.2) is 67.3 Å². The van der Waals surface area contributed by atoms with E-state index in [1.165, 1.54) is 6.07 Å². The molecule has 176 valence electrons. The highest BCUT2D eigenvalue weighted by molar-refractivity contribution is 7.77. The molecule has 2 aromatic carbocycles. The van der Waals surface area contributed by atoms with Crippen molar-refractivity contribution in [1.29, 1.82) is 0 Å². The first-order valence-electron chi connectivity index (χ1n) is 10.9. The Morgan fingerprint density at radius 1 is 1.11 bits per heavy atom. The first-order chi connectivity index (χ1) is 16.9. The summed E-state index contributed by atoms with van der Waals surface area (Å²) in [5, 5.41) is 4.22. The Bertz CT molecular complexity index is 1610. The lowest BCUT2D eigenvalue weighted by molar-refractivity contribution is 0.493. The molecule has 0 saturated heterocycles. The summed E-state index contributed by atoms with van der Waals surface area (Å²) in [5.41, 5.74) is 3.27. The molecule has 5 aromatic rings. The molecular formula is C24H19FN7O2S-. The SMILES string of the molecule is Cn1cc(-c2ccc3c(c2)ncn3-c2cc(-c3ccccc3F)nc(C3(NS(=O)[O-])CC3)n2)cn1. The number of aryl methyl sites for hydroxylation is 1. The second kappa shape index (κ2) is 8.15. The summed E-state index contributed by atoms with van der Waals surface area (Å²) in [5.74, 6) is 0.339. The van der Waals surface area contributed by atoms with Gasteiger partial charge in [0.1, 0.15) is 18.0 Å². The molecule has 0 radical (unpaired) electrons. The van der Waals surface area contributed by atoms with Gasteiger partial charge in [-0.1, -0.05) is 18.2 Å². The standard InChI is InChI=1S/C24H20FN7O2S/c1-31-13-16(12-27-31)15-6-7-21-20(10-15)26-14-32(21)22-11-19(17-4-2-3-5-18(17)25)28-23(29-22)24(8-9-24)30-35(33)34/h2-7,10-14,30H,8-9H2,1H3,(H,33,34)/p-1. The van der Waals surface area contributed by atoms with Gasteiger partial charge in [-0.15, -0.1) is 0 Å². The van der Waals surface area contributed by atoms with Crippen LogP contribution < -0.4 is 4.72 Å². The second-order valence-electron chi connectivity index (χ2n) is 8.55. The first-order valence-corrected chi connectivity index (χ1v) is 12.0. The topological polar surface area (TPSA) is 114 Å². The van der Waals surface area contributed by atoms with Gasteiger partial charge >= 0.3 is 0 Å². The van der Waals surface area contributed by atoms with Crippen molar-refractivity contribution in [2.75, 3.05) is 0 Å². The molecule has 1 aliphatic rings. The summed E-state index contributed by atoms with van der Waals surface area (Å²) in [6.45, 7) is 0.